The monoisotopic (exact) mass is 288 g/mol. The van der Waals surface area contributed by atoms with Gasteiger partial charge in [-0.2, -0.15) is 13.2 Å². The van der Waals surface area contributed by atoms with Crippen molar-refractivity contribution >= 4 is 5.69 Å². The fourth-order valence-corrected chi connectivity index (χ4v) is 2.71. The van der Waals surface area contributed by atoms with E-state index in [-0.39, 0.29) is 11.7 Å². The van der Waals surface area contributed by atoms with Crippen molar-refractivity contribution in [3.63, 3.8) is 0 Å². The number of likely N-dealkylation sites (tertiary alicyclic amines) is 1. The van der Waals surface area contributed by atoms with Crippen molar-refractivity contribution in [2.75, 3.05) is 18.4 Å². The first-order valence-electron chi connectivity index (χ1n) is 6.81. The molecule has 1 atom stereocenters. The Morgan fingerprint density at radius 2 is 1.90 bits per heavy atom. The largest absolute Gasteiger partial charge is 0.416 e. The van der Waals surface area contributed by atoms with E-state index in [1.807, 2.05) is 0 Å². The van der Waals surface area contributed by atoms with E-state index in [1.54, 1.807) is 0 Å². The summed E-state index contributed by atoms with van der Waals surface area (Å²) in [6, 6.07) is 3.15. The Labute approximate surface area is 114 Å². The van der Waals surface area contributed by atoms with E-state index in [0.717, 1.165) is 37.7 Å². The number of anilines is 1. The van der Waals surface area contributed by atoms with Gasteiger partial charge in [-0.3, -0.25) is 4.90 Å². The van der Waals surface area contributed by atoms with Gasteiger partial charge in [0, 0.05) is 25.2 Å². The second kappa shape index (κ2) is 4.91. The van der Waals surface area contributed by atoms with E-state index in [4.69, 9.17) is 0 Å². The molecule has 1 aromatic rings. The Bertz CT molecular complexity index is 496. The quantitative estimate of drug-likeness (QED) is 0.856. The van der Waals surface area contributed by atoms with Crippen molar-refractivity contribution in [2.24, 2.45) is 0 Å². The summed E-state index contributed by atoms with van der Waals surface area (Å²) < 4.78 is 51.5. The second-order valence-corrected chi connectivity index (χ2v) is 5.55. The highest BCUT2D eigenvalue weighted by atomic mass is 19.4. The minimum Gasteiger partial charge on any atom is -0.379 e. The maximum atomic E-state index is 13.6. The number of hydrogen-bond acceptors (Lipinski definition) is 2. The van der Waals surface area contributed by atoms with Gasteiger partial charge >= 0.3 is 6.18 Å². The van der Waals surface area contributed by atoms with Gasteiger partial charge in [-0.05, 0) is 37.5 Å². The molecular formula is C14H16F4N2. The number of nitrogens with zero attached hydrogens (tertiary/aromatic N) is 1. The minimum atomic E-state index is -4.44. The molecule has 0 bridgehead atoms. The Hall–Kier alpha value is -1.30. The Morgan fingerprint density at radius 3 is 2.55 bits per heavy atom. The number of halogens is 4. The molecule has 1 saturated heterocycles. The number of hydrogen-bond donors (Lipinski definition) is 1. The van der Waals surface area contributed by atoms with Crippen LogP contribution < -0.4 is 5.32 Å². The summed E-state index contributed by atoms with van der Waals surface area (Å²) in [5.41, 5.74) is -0.874. The van der Waals surface area contributed by atoms with Gasteiger partial charge in [-0.1, -0.05) is 0 Å². The molecule has 1 aromatic carbocycles. The topological polar surface area (TPSA) is 15.3 Å². The third-order valence-corrected chi connectivity index (χ3v) is 3.94. The summed E-state index contributed by atoms with van der Waals surface area (Å²) in [6.45, 7) is 1.71. The SMILES string of the molecule is Fc1ccc(C(F)(F)F)cc1NC1CCN(C2CC2)C1. The van der Waals surface area contributed by atoms with Gasteiger partial charge in [-0.25, -0.2) is 4.39 Å². The van der Waals surface area contributed by atoms with Crippen LogP contribution in [0.2, 0.25) is 0 Å². The van der Waals surface area contributed by atoms with Crippen LogP contribution in [0, 0.1) is 5.82 Å². The maximum Gasteiger partial charge on any atom is 0.416 e. The highest BCUT2D eigenvalue weighted by molar-refractivity contribution is 5.49. The minimum absolute atomic E-state index is 0.0218. The van der Waals surface area contributed by atoms with Crippen LogP contribution in [0.3, 0.4) is 0 Å². The first-order valence-corrected chi connectivity index (χ1v) is 6.81. The number of nitrogens with one attached hydrogen (secondary N) is 1. The van der Waals surface area contributed by atoms with Crippen LogP contribution >= 0.6 is 0 Å². The molecule has 0 amide bonds. The Kier molecular flexibility index (Phi) is 3.36. The molecule has 2 fully saturated rings. The average Bonchev–Trinajstić information content (AvgIpc) is 3.12. The highest BCUT2D eigenvalue weighted by Crippen LogP contribution is 2.33. The van der Waals surface area contributed by atoms with Gasteiger partial charge in [0.15, 0.2) is 0 Å². The molecule has 1 N–H and O–H groups in total. The molecule has 0 radical (unpaired) electrons. The molecule has 1 saturated carbocycles. The molecule has 20 heavy (non-hydrogen) atoms. The molecule has 1 aliphatic carbocycles. The maximum absolute atomic E-state index is 13.6. The lowest BCUT2D eigenvalue weighted by Crippen LogP contribution is -2.28. The average molecular weight is 288 g/mol. The van der Waals surface area contributed by atoms with Gasteiger partial charge in [0.2, 0.25) is 0 Å². The molecule has 0 spiro atoms. The van der Waals surface area contributed by atoms with Crippen LogP contribution in [-0.4, -0.2) is 30.1 Å². The number of alkyl halides is 3. The van der Waals surface area contributed by atoms with Gasteiger partial charge in [-0.15, -0.1) is 0 Å². The summed E-state index contributed by atoms with van der Waals surface area (Å²) in [6.07, 6.45) is -1.21. The molecule has 6 heteroatoms. The molecule has 2 nitrogen and oxygen atoms in total. The molecule has 0 aromatic heterocycles. The number of benzene rings is 1. The van der Waals surface area contributed by atoms with Gasteiger partial charge < -0.3 is 5.32 Å². The molecular weight excluding hydrogens is 272 g/mol. The van der Waals surface area contributed by atoms with Gasteiger partial charge in [0.1, 0.15) is 5.82 Å². The predicted molar refractivity (Wildman–Crippen MR) is 68.0 cm³/mol. The summed E-state index contributed by atoms with van der Waals surface area (Å²) >= 11 is 0. The zero-order chi connectivity index (χ0) is 14.3. The zero-order valence-corrected chi connectivity index (χ0v) is 10.9. The highest BCUT2D eigenvalue weighted by Gasteiger charge is 2.35. The normalized spacial score (nSPS) is 24.1. The summed E-state index contributed by atoms with van der Waals surface area (Å²) in [5, 5.41) is 2.92. The van der Waals surface area contributed by atoms with E-state index >= 15 is 0 Å². The van der Waals surface area contributed by atoms with Crippen molar-refractivity contribution < 1.29 is 17.6 Å². The van der Waals surface area contributed by atoms with E-state index in [9.17, 15) is 17.6 Å². The molecule has 3 rings (SSSR count). The van der Waals surface area contributed by atoms with Crippen molar-refractivity contribution in [1.82, 2.24) is 4.90 Å². The van der Waals surface area contributed by atoms with Gasteiger partial charge in [0.05, 0.1) is 11.3 Å². The summed E-state index contributed by atoms with van der Waals surface area (Å²) in [7, 11) is 0. The standard InChI is InChI=1S/C14H16F4N2/c15-12-4-1-9(14(16,17)18)7-13(12)19-10-5-6-20(8-10)11-2-3-11/h1,4,7,10-11,19H,2-3,5-6,8H2. The van der Waals surface area contributed by atoms with E-state index in [1.165, 1.54) is 12.8 Å². The molecule has 1 heterocycles. The smallest absolute Gasteiger partial charge is 0.379 e. The van der Waals surface area contributed by atoms with Crippen molar-refractivity contribution in [2.45, 2.75) is 37.5 Å². The van der Waals surface area contributed by atoms with Crippen LogP contribution in [0.5, 0.6) is 0 Å². The van der Waals surface area contributed by atoms with Crippen LogP contribution in [0.4, 0.5) is 23.2 Å². The van der Waals surface area contributed by atoms with Crippen LogP contribution in [0.1, 0.15) is 24.8 Å². The second-order valence-electron chi connectivity index (χ2n) is 5.55. The fraction of sp³-hybridized carbons (Fsp3) is 0.571. The van der Waals surface area contributed by atoms with Crippen molar-refractivity contribution in [3.8, 4) is 0 Å². The van der Waals surface area contributed by atoms with Gasteiger partial charge in [0.25, 0.3) is 0 Å². The third-order valence-electron chi connectivity index (χ3n) is 3.94. The fourth-order valence-electron chi connectivity index (χ4n) is 2.71. The van der Waals surface area contributed by atoms with Crippen LogP contribution in [0.15, 0.2) is 18.2 Å². The Morgan fingerprint density at radius 1 is 1.15 bits per heavy atom. The number of rotatable bonds is 3. The molecule has 1 unspecified atom stereocenters. The molecule has 1 aliphatic heterocycles. The predicted octanol–water partition coefficient (Wildman–Crippen LogP) is 3.49. The van der Waals surface area contributed by atoms with E-state index < -0.39 is 17.6 Å². The third kappa shape index (κ3) is 2.90. The summed E-state index contributed by atoms with van der Waals surface area (Å²) in [5.74, 6) is -0.636. The van der Waals surface area contributed by atoms with Crippen molar-refractivity contribution in [1.29, 1.82) is 0 Å². The Balaban J connectivity index is 1.70. The lowest BCUT2D eigenvalue weighted by molar-refractivity contribution is -0.137. The zero-order valence-electron chi connectivity index (χ0n) is 10.9. The first-order chi connectivity index (χ1) is 9.43. The molecule has 2 aliphatic rings. The van der Waals surface area contributed by atoms with E-state index in [2.05, 4.69) is 10.2 Å². The van der Waals surface area contributed by atoms with Crippen LogP contribution in [0.25, 0.3) is 0 Å². The lowest BCUT2D eigenvalue weighted by Gasteiger charge is -2.18. The van der Waals surface area contributed by atoms with Crippen LogP contribution in [-0.2, 0) is 6.18 Å². The summed E-state index contributed by atoms with van der Waals surface area (Å²) in [4.78, 5) is 2.32. The first kappa shape index (κ1) is 13.7. The van der Waals surface area contributed by atoms with Crippen molar-refractivity contribution in [3.05, 3.63) is 29.6 Å². The molecule has 110 valence electrons. The van der Waals surface area contributed by atoms with E-state index in [0.29, 0.717) is 6.04 Å². The lowest BCUT2D eigenvalue weighted by atomic mass is 10.1.